The number of nitrogens with one attached hydrogen (secondary N) is 2. The maximum Gasteiger partial charge on any atom is 0.262 e. The van der Waals surface area contributed by atoms with Gasteiger partial charge in [-0.05, 0) is 0 Å². The summed E-state index contributed by atoms with van der Waals surface area (Å²) in [4.78, 5) is 13.8. The van der Waals surface area contributed by atoms with Crippen molar-refractivity contribution in [3.63, 3.8) is 0 Å². The van der Waals surface area contributed by atoms with Gasteiger partial charge in [0.2, 0.25) is 5.91 Å². The van der Waals surface area contributed by atoms with Crippen LogP contribution in [0.1, 0.15) is 6.42 Å². The SMILES string of the molecule is Cl.Cl.O=C(NCCN1CCOCC1)C1CC(F)(F)CN1. The molecule has 0 aromatic carbocycles. The predicted octanol–water partition coefficient (Wildman–Crippen LogP) is 0.276. The number of carbonyl (C=O) groups is 1. The van der Waals surface area contributed by atoms with E-state index in [0.717, 1.165) is 19.6 Å². The summed E-state index contributed by atoms with van der Waals surface area (Å²) in [7, 11) is 0. The molecule has 0 saturated carbocycles. The first-order valence-corrected chi connectivity index (χ1v) is 6.26. The standard InChI is InChI=1S/C11H19F2N3O2.2ClH/c12-11(13)7-9(15-8-11)10(17)14-1-2-16-3-5-18-6-4-16;;/h9,15H,1-8H2,(H,14,17);2*1H. The van der Waals surface area contributed by atoms with Gasteiger partial charge in [0.1, 0.15) is 0 Å². The fourth-order valence-corrected chi connectivity index (χ4v) is 2.19. The van der Waals surface area contributed by atoms with Crippen LogP contribution < -0.4 is 10.6 Å². The van der Waals surface area contributed by atoms with E-state index >= 15 is 0 Å². The van der Waals surface area contributed by atoms with Gasteiger partial charge in [-0.3, -0.25) is 15.0 Å². The molecule has 9 heteroatoms. The molecule has 2 saturated heterocycles. The summed E-state index contributed by atoms with van der Waals surface area (Å²) in [5.74, 6) is -3.09. The first-order valence-electron chi connectivity index (χ1n) is 6.26. The van der Waals surface area contributed by atoms with Crippen molar-refractivity contribution in [3.8, 4) is 0 Å². The average Bonchev–Trinajstić information content (AvgIpc) is 2.71. The number of ether oxygens (including phenoxy) is 1. The molecule has 0 radical (unpaired) electrons. The van der Waals surface area contributed by atoms with Crippen LogP contribution >= 0.6 is 24.8 Å². The number of rotatable bonds is 4. The number of carbonyl (C=O) groups excluding carboxylic acids is 1. The molecule has 5 nitrogen and oxygen atoms in total. The quantitative estimate of drug-likeness (QED) is 0.774. The van der Waals surface area contributed by atoms with Crippen LogP contribution in [0.2, 0.25) is 0 Å². The van der Waals surface area contributed by atoms with Gasteiger partial charge in [0.25, 0.3) is 5.92 Å². The first kappa shape index (κ1) is 19.8. The topological polar surface area (TPSA) is 53.6 Å². The zero-order valence-corrected chi connectivity index (χ0v) is 12.7. The van der Waals surface area contributed by atoms with Crippen molar-refractivity contribution in [1.29, 1.82) is 0 Å². The van der Waals surface area contributed by atoms with Crippen LogP contribution in [-0.4, -0.2) is 68.7 Å². The highest BCUT2D eigenvalue weighted by atomic mass is 35.5. The summed E-state index contributed by atoms with van der Waals surface area (Å²) in [6, 6.07) is -0.760. The molecule has 2 N–H and O–H groups in total. The van der Waals surface area contributed by atoms with Crippen LogP contribution in [0.3, 0.4) is 0 Å². The minimum absolute atomic E-state index is 0. The van der Waals surface area contributed by atoms with Crippen molar-refractivity contribution in [2.45, 2.75) is 18.4 Å². The highest BCUT2D eigenvalue weighted by molar-refractivity contribution is 5.85. The number of halogens is 4. The molecule has 2 rings (SSSR count). The fourth-order valence-electron chi connectivity index (χ4n) is 2.19. The largest absolute Gasteiger partial charge is 0.379 e. The van der Waals surface area contributed by atoms with Crippen LogP contribution in [0.25, 0.3) is 0 Å². The van der Waals surface area contributed by atoms with Crippen molar-refractivity contribution in [2.75, 3.05) is 45.9 Å². The van der Waals surface area contributed by atoms with Gasteiger partial charge in [0.15, 0.2) is 0 Å². The van der Waals surface area contributed by atoms with E-state index in [1.165, 1.54) is 0 Å². The second-order valence-corrected chi connectivity index (χ2v) is 4.74. The monoisotopic (exact) mass is 335 g/mol. The molecule has 20 heavy (non-hydrogen) atoms. The molecule has 2 aliphatic rings. The van der Waals surface area contributed by atoms with Gasteiger partial charge in [-0.2, -0.15) is 0 Å². The Morgan fingerprint density at radius 1 is 1.35 bits per heavy atom. The lowest BCUT2D eigenvalue weighted by Crippen LogP contribution is -2.45. The Morgan fingerprint density at radius 2 is 2.00 bits per heavy atom. The van der Waals surface area contributed by atoms with Gasteiger partial charge in [-0.1, -0.05) is 0 Å². The molecule has 0 aliphatic carbocycles. The Balaban J connectivity index is 0.00000180. The van der Waals surface area contributed by atoms with Crippen LogP contribution in [0, 0.1) is 0 Å². The summed E-state index contributed by atoms with van der Waals surface area (Å²) in [5.41, 5.74) is 0. The van der Waals surface area contributed by atoms with E-state index in [9.17, 15) is 13.6 Å². The molecule has 2 fully saturated rings. The van der Waals surface area contributed by atoms with Gasteiger partial charge in [0.05, 0.1) is 25.8 Å². The lowest BCUT2D eigenvalue weighted by Gasteiger charge is -2.26. The summed E-state index contributed by atoms with van der Waals surface area (Å²) in [6.07, 6.45) is -0.406. The average molecular weight is 336 g/mol. The highest BCUT2D eigenvalue weighted by Gasteiger charge is 2.42. The van der Waals surface area contributed by atoms with E-state index in [0.29, 0.717) is 19.8 Å². The number of morpholine rings is 1. The highest BCUT2D eigenvalue weighted by Crippen LogP contribution is 2.24. The lowest BCUT2D eigenvalue weighted by molar-refractivity contribution is -0.123. The van der Waals surface area contributed by atoms with Crippen LogP contribution in [0.5, 0.6) is 0 Å². The summed E-state index contributed by atoms with van der Waals surface area (Å²) in [6.45, 7) is 3.95. The fraction of sp³-hybridized carbons (Fsp3) is 0.909. The van der Waals surface area contributed by atoms with E-state index < -0.39 is 24.9 Å². The van der Waals surface area contributed by atoms with Gasteiger partial charge < -0.3 is 10.1 Å². The van der Waals surface area contributed by atoms with Gasteiger partial charge >= 0.3 is 0 Å². The number of amides is 1. The van der Waals surface area contributed by atoms with Gasteiger partial charge in [-0.15, -0.1) is 24.8 Å². The Morgan fingerprint density at radius 3 is 2.55 bits per heavy atom. The third kappa shape index (κ3) is 6.05. The van der Waals surface area contributed by atoms with Crippen LogP contribution in [0.15, 0.2) is 0 Å². The van der Waals surface area contributed by atoms with Crippen molar-refractivity contribution in [2.24, 2.45) is 0 Å². The maximum absolute atomic E-state index is 12.9. The Hall–Kier alpha value is -0.210. The molecular formula is C11H21Cl2F2N3O2. The zero-order chi connectivity index (χ0) is 13.0. The Bertz CT molecular complexity index is 305. The van der Waals surface area contributed by atoms with Crippen molar-refractivity contribution in [1.82, 2.24) is 15.5 Å². The molecule has 0 aromatic heterocycles. The number of hydrogen-bond acceptors (Lipinski definition) is 4. The molecular weight excluding hydrogens is 315 g/mol. The Labute approximate surface area is 129 Å². The summed E-state index contributed by atoms with van der Waals surface area (Å²) < 4.78 is 31.0. The molecule has 1 amide bonds. The maximum atomic E-state index is 12.9. The molecule has 0 aromatic rings. The molecule has 1 atom stereocenters. The molecule has 2 heterocycles. The smallest absolute Gasteiger partial charge is 0.262 e. The van der Waals surface area contributed by atoms with Crippen molar-refractivity contribution in [3.05, 3.63) is 0 Å². The van der Waals surface area contributed by atoms with E-state index in [-0.39, 0.29) is 30.7 Å². The van der Waals surface area contributed by atoms with Gasteiger partial charge in [0, 0.05) is 32.6 Å². The van der Waals surface area contributed by atoms with E-state index in [4.69, 9.17) is 4.74 Å². The molecule has 120 valence electrons. The van der Waals surface area contributed by atoms with Crippen molar-refractivity contribution >= 4 is 30.7 Å². The van der Waals surface area contributed by atoms with E-state index in [2.05, 4.69) is 15.5 Å². The molecule has 1 unspecified atom stereocenters. The minimum atomic E-state index is -2.76. The normalized spacial score (nSPS) is 25.4. The minimum Gasteiger partial charge on any atom is -0.379 e. The Kier molecular flexibility index (Phi) is 8.85. The third-order valence-corrected chi connectivity index (χ3v) is 3.26. The third-order valence-electron chi connectivity index (χ3n) is 3.26. The number of nitrogens with zero attached hydrogens (tertiary/aromatic N) is 1. The van der Waals surface area contributed by atoms with E-state index in [1.807, 2.05) is 0 Å². The van der Waals surface area contributed by atoms with Crippen LogP contribution in [0.4, 0.5) is 8.78 Å². The molecule has 0 bridgehead atoms. The zero-order valence-electron chi connectivity index (χ0n) is 11.1. The predicted molar refractivity (Wildman–Crippen MR) is 76.1 cm³/mol. The second-order valence-electron chi connectivity index (χ2n) is 4.74. The summed E-state index contributed by atoms with van der Waals surface area (Å²) in [5, 5.41) is 5.23. The van der Waals surface area contributed by atoms with Crippen LogP contribution in [-0.2, 0) is 9.53 Å². The number of hydrogen-bond donors (Lipinski definition) is 2. The van der Waals surface area contributed by atoms with Crippen molar-refractivity contribution < 1.29 is 18.3 Å². The first-order chi connectivity index (χ1) is 8.57. The summed E-state index contributed by atoms with van der Waals surface area (Å²) >= 11 is 0. The number of alkyl halides is 2. The molecule has 0 spiro atoms. The lowest BCUT2D eigenvalue weighted by atomic mass is 10.2. The second kappa shape index (κ2) is 8.94. The van der Waals surface area contributed by atoms with E-state index in [1.54, 1.807) is 0 Å². The van der Waals surface area contributed by atoms with Gasteiger partial charge in [-0.25, -0.2) is 8.78 Å². The molecule has 2 aliphatic heterocycles.